The summed E-state index contributed by atoms with van der Waals surface area (Å²) in [5.41, 5.74) is -17.3. The van der Waals surface area contributed by atoms with Gasteiger partial charge >= 0.3 is 71.2 Å². The van der Waals surface area contributed by atoms with Gasteiger partial charge < -0.3 is 0 Å². The van der Waals surface area contributed by atoms with Crippen molar-refractivity contribution in [2.75, 3.05) is 0 Å². The molecule has 0 amide bonds. The molecule has 0 bridgehead atoms. The van der Waals surface area contributed by atoms with E-state index in [2.05, 4.69) is 0 Å². The van der Waals surface area contributed by atoms with Crippen LogP contribution in [0.4, 0.5) is 101 Å². The zero-order chi connectivity index (χ0) is 29.6. The van der Waals surface area contributed by atoms with Crippen molar-refractivity contribution < 1.29 is 101 Å². The molecule has 1 unspecified atom stereocenters. The number of rotatable bonds is 1. The highest BCUT2D eigenvalue weighted by atomic mass is 19.4. The van der Waals surface area contributed by atoms with Crippen LogP contribution < -0.4 is 0 Å². The van der Waals surface area contributed by atoms with Gasteiger partial charge in [0.05, 0.1) is 0 Å². The molecule has 36 heavy (non-hydrogen) atoms. The van der Waals surface area contributed by atoms with Gasteiger partial charge in [-0.1, -0.05) is 0 Å². The SMILES string of the molecule is FC(F)(F)C1(F)C(F)(F)N(C2(F)C(F)(F)C(F)(F)C(F)(C(F)(F)F)C(F)(F)C2(F)F)C(F)(F)C1(F)F. The van der Waals surface area contributed by atoms with E-state index in [-0.39, 0.29) is 0 Å². The zero-order valence-electron chi connectivity index (χ0n) is 15.1. The molecule has 0 aromatic carbocycles. The van der Waals surface area contributed by atoms with Gasteiger partial charge in [0, 0.05) is 0 Å². The van der Waals surface area contributed by atoms with E-state index in [4.69, 9.17) is 0 Å². The van der Waals surface area contributed by atoms with Gasteiger partial charge in [0.2, 0.25) is 0 Å². The third-order valence-corrected chi connectivity index (χ3v) is 5.36. The minimum Gasteiger partial charge on any atom is -0.219 e. The standard InChI is InChI=1S/C12F23N/c13-1(9(26,27)28)3(15,16)6(21,22)8(25,7(23,24)4(1,17)18)36-11(32,33)2(14,10(29,30)31)5(19,20)12(36,34)35. The van der Waals surface area contributed by atoms with Crippen molar-refractivity contribution in [2.24, 2.45) is 0 Å². The van der Waals surface area contributed by atoms with Crippen LogP contribution in [0.2, 0.25) is 0 Å². The van der Waals surface area contributed by atoms with Gasteiger partial charge in [-0.3, -0.25) is 0 Å². The summed E-state index contributed by atoms with van der Waals surface area (Å²) in [4.78, 5) is -5.09. The van der Waals surface area contributed by atoms with E-state index >= 15 is 0 Å². The normalized spacial score (nSPS) is 40.8. The molecule has 0 spiro atoms. The molecular weight excluding hydrogens is 595 g/mol. The highest BCUT2D eigenvalue weighted by molar-refractivity contribution is 5.34. The van der Waals surface area contributed by atoms with Crippen LogP contribution in [0.15, 0.2) is 0 Å². The number of hydrogen-bond donors (Lipinski definition) is 0. The first kappa shape index (κ1) is 30.6. The Hall–Kier alpha value is -1.65. The lowest BCUT2D eigenvalue weighted by atomic mass is 9.69. The predicted octanol–water partition coefficient (Wildman–Crippen LogP) is 6.88. The van der Waals surface area contributed by atoms with Crippen LogP contribution in [0.1, 0.15) is 0 Å². The monoisotopic (exact) mass is 595 g/mol. The summed E-state index contributed by atoms with van der Waals surface area (Å²) >= 11 is 0. The maximum absolute atomic E-state index is 14.7. The fraction of sp³-hybridized carbons (Fsp3) is 1.00. The maximum atomic E-state index is 14.7. The summed E-state index contributed by atoms with van der Waals surface area (Å²) in [6.07, 6.45) is -16.7. The largest absolute Gasteiger partial charge is 0.436 e. The van der Waals surface area contributed by atoms with Gasteiger partial charge in [-0.05, 0) is 0 Å². The van der Waals surface area contributed by atoms with E-state index in [0.717, 1.165) is 0 Å². The molecule has 1 heterocycles. The Bertz CT molecular complexity index is 894. The predicted molar refractivity (Wildman–Crippen MR) is 60.1 cm³/mol. The third-order valence-electron chi connectivity index (χ3n) is 5.36. The third kappa shape index (κ3) is 2.39. The molecule has 0 N–H and O–H groups in total. The van der Waals surface area contributed by atoms with Gasteiger partial charge in [0.1, 0.15) is 0 Å². The zero-order valence-corrected chi connectivity index (χ0v) is 15.1. The Morgan fingerprint density at radius 2 is 0.611 bits per heavy atom. The van der Waals surface area contributed by atoms with Crippen molar-refractivity contribution >= 4 is 0 Å². The fourth-order valence-electron chi connectivity index (χ4n) is 3.48. The topological polar surface area (TPSA) is 3.24 Å². The molecule has 2 fully saturated rings. The Morgan fingerprint density at radius 1 is 0.333 bits per heavy atom. The maximum Gasteiger partial charge on any atom is 0.436 e. The summed E-state index contributed by atoms with van der Waals surface area (Å²) < 4.78 is 311. The molecule has 2 rings (SSSR count). The van der Waals surface area contributed by atoms with Gasteiger partial charge in [-0.2, -0.15) is 87.8 Å². The lowest BCUT2D eigenvalue weighted by Crippen LogP contribution is -2.92. The molecular formula is C12F23N. The molecule has 1 saturated heterocycles. The van der Waals surface area contributed by atoms with Gasteiger partial charge in [0.25, 0.3) is 0 Å². The van der Waals surface area contributed by atoms with Crippen molar-refractivity contribution in [1.29, 1.82) is 0 Å². The highest BCUT2D eigenvalue weighted by Gasteiger charge is 3.11. The van der Waals surface area contributed by atoms with Crippen LogP contribution in [0.5, 0.6) is 0 Å². The van der Waals surface area contributed by atoms with Crippen molar-refractivity contribution in [3.63, 3.8) is 0 Å². The molecule has 0 aromatic heterocycles. The Kier molecular flexibility index (Phi) is 5.51. The van der Waals surface area contributed by atoms with Gasteiger partial charge in [0.15, 0.2) is 0 Å². The van der Waals surface area contributed by atoms with Crippen LogP contribution >= 0.6 is 0 Å². The second-order valence-corrected chi connectivity index (χ2v) is 7.22. The molecule has 0 aromatic rings. The quantitative estimate of drug-likeness (QED) is 0.236. The van der Waals surface area contributed by atoms with Crippen molar-refractivity contribution in [3.8, 4) is 0 Å². The smallest absolute Gasteiger partial charge is 0.219 e. The van der Waals surface area contributed by atoms with Crippen LogP contribution in [0.25, 0.3) is 0 Å². The molecule has 1 atom stereocenters. The molecule has 0 radical (unpaired) electrons. The first-order chi connectivity index (χ1) is 15.1. The van der Waals surface area contributed by atoms with E-state index in [9.17, 15) is 101 Å². The van der Waals surface area contributed by atoms with Crippen LogP contribution in [0.3, 0.4) is 0 Å². The van der Waals surface area contributed by atoms with Crippen LogP contribution in [0, 0.1) is 0 Å². The minimum atomic E-state index is -9.20. The molecule has 214 valence electrons. The average molecular weight is 595 g/mol. The number of alkyl halides is 23. The molecule has 2 aliphatic rings. The summed E-state index contributed by atoms with van der Waals surface area (Å²) in [7, 11) is 0. The van der Waals surface area contributed by atoms with Crippen LogP contribution in [-0.2, 0) is 0 Å². The van der Waals surface area contributed by atoms with Crippen LogP contribution in [-0.4, -0.2) is 76.1 Å². The van der Waals surface area contributed by atoms with E-state index in [0.29, 0.717) is 0 Å². The van der Waals surface area contributed by atoms with E-state index in [1.807, 2.05) is 0 Å². The summed E-state index contributed by atoms with van der Waals surface area (Å²) in [5.74, 6) is -53.9. The number of nitrogens with zero attached hydrogens (tertiary/aromatic N) is 1. The first-order valence-electron chi connectivity index (χ1n) is 7.77. The van der Waals surface area contributed by atoms with Gasteiger partial charge in [-0.15, -0.1) is 4.90 Å². The van der Waals surface area contributed by atoms with Crippen molar-refractivity contribution in [3.05, 3.63) is 0 Å². The number of hydrogen-bond acceptors (Lipinski definition) is 1. The van der Waals surface area contributed by atoms with E-state index < -0.39 is 76.1 Å². The molecule has 1 nitrogen and oxygen atoms in total. The van der Waals surface area contributed by atoms with E-state index in [1.54, 1.807) is 0 Å². The Morgan fingerprint density at radius 3 is 0.833 bits per heavy atom. The molecule has 24 heteroatoms. The average Bonchev–Trinajstić information content (AvgIpc) is 2.70. The van der Waals surface area contributed by atoms with Crippen molar-refractivity contribution in [2.45, 2.75) is 71.2 Å². The fourth-order valence-corrected chi connectivity index (χ4v) is 3.48. The molecule has 1 aliphatic heterocycles. The molecule has 1 aliphatic carbocycles. The number of halogens is 23. The lowest BCUT2D eigenvalue weighted by molar-refractivity contribution is -0.536. The Labute approximate surface area is 178 Å². The lowest BCUT2D eigenvalue weighted by Gasteiger charge is -2.58. The number of likely N-dealkylation sites (tertiary alicyclic amines) is 1. The Balaban J connectivity index is 3.20. The molecule has 1 saturated carbocycles. The summed E-state index contributed by atoms with van der Waals surface area (Å²) in [6, 6.07) is -17.3. The van der Waals surface area contributed by atoms with E-state index in [1.165, 1.54) is 0 Å². The minimum absolute atomic E-state index is 5.09. The second-order valence-electron chi connectivity index (χ2n) is 7.22. The first-order valence-corrected chi connectivity index (χ1v) is 7.77. The second kappa shape index (κ2) is 6.49. The summed E-state index contributed by atoms with van der Waals surface area (Å²) in [5, 5.41) is 0. The van der Waals surface area contributed by atoms with Crippen molar-refractivity contribution in [1.82, 2.24) is 4.90 Å². The van der Waals surface area contributed by atoms with Gasteiger partial charge in [-0.25, -0.2) is 13.2 Å². The summed E-state index contributed by atoms with van der Waals surface area (Å²) in [6.45, 7) is 0. The highest BCUT2D eigenvalue weighted by Crippen LogP contribution is 2.78.